The van der Waals surface area contributed by atoms with Crippen molar-refractivity contribution >= 4 is 105 Å². The molecule has 0 unspecified atom stereocenters. The molecule has 12 aromatic rings. The highest BCUT2D eigenvalue weighted by Crippen LogP contribution is 2.47. The van der Waals surface area contributed by atoms with Gasteiger partial charge in [-0.25, -0.2) is 0 Å². The van der Waals surface area contributed by atoms with Gasteiger partial charge in [0.1, 0.15) is 0 Å². The molecule has 0 aliphatic heterocycles. The number of fused-ring (bicyclic) bond motifs is 12. The van der Waals surface area contributed by atoms with Crippen molar-refractivity contribution in [2.45, 2.75) is 34.6 Å². The molecular formula is C59H46N4. The quantitative estimate of drug-likeness (QED) is 0.142. The average Bonchev–Trinajstić information content (AvgIpc) is 4.02. The molecule has 302 valence electrons. The third-order valence-electron chi connectivity index (χ3n) is 13.3. The fourth-order valence-electron chi connectivity index (χ4n) is 10.4. The lowest BCUT2D eigenvalue weighted by molar-refractivity contribution is 1.19. The van der Waals surface area contributed by atoms with Crippen LogP contribution in [0.15, 0.2) is 188 Å². The summed E-state index contributed by atoms with van der Waals surface area (Å²) in [4.78, 5) is 4.72. The Morgan fingerprint density at radius 2 is 0.952 bits per heavy atom. The van der Waals surface area contributed by atoms with E-state index in [1.165, 1.54) is 104 Å². The number of allylic oxidation sites excluding steroid dienone is 4. The van der Waals surface area contributed by atoms with Gasteiger partial charge in [-0.05, 0) is 124 Å². The first kappa shape index (κ1) is 37.0. The molecule has 0 aliphatic rings. The van der Waals surface area contributed by atoms with Crippen molar-refractivity contribution in [2.24, 2.45) is 0 Å². The van der Waals surface area contributed by atoms with E-state index >= 15 is 0 Å². The van der Waals surface area contributed by atoms with E-state index in [0.29, 0.717) is 0 Å². The Balaban J connectivity index is 1.12. The highest BCUT2D eigenvalue weighted by Gasteiger charge is 2.25. The lowest BCUT2D eigenvalue weighted by Gasteiger charge is -2.27. The molecule has 0 saturated carbocycles. The van der Waals surface area contributed by atoms with Gasteiger partial charge in [-0.3, -0.25) is 0 Å². The van der Waals surface area contributed by atoms with Crippen molar-refractivity contribution in [2.75, 3.05) is 9.80 Å². The lowest BCUT2D eigenvalue weighted by Crippen LogP contribution is -2.15. The van der Waals surface area contributed by atoms with Gasteiger partial charge in [-0.2, -0.15) is 0 Å². The van der Waals surface area contributed by atoms with Gasteiger partial charge in [0, 0.05) is 77.2 Å². The summed E-state index contributed by atoms with van der Waals surface area (Å²) >= 11 is 0. The number of benzene rings is 8. The zero-order valence-corrected chi connectivity index (χ0v) is 36.2. The van der Waals surface area contributed by atoms with E-state index in [4.69, 9.17) is 0 Å². The molecular weight excluding hydrogens is 765 g/mol. The van der Waals surface area contributed by atoms with Crippen molar-refractivity contribution in [3.8, 4) is 0 Å². The standard InChI is InChI=1S/C59H46N4/c1-7-8-10-15-40(6)60(52-30-36(2)22-24-38(52)4)42-26-28-44-46-18-13-20-48-50-35-57-51(34-56(50)62(58(46)48)54(44)32-42)49-21-14-19-47-45-29-27-43(33-55(45)63(57)59(47)49)61(41-16-11-9-12-17-41)53-31-37(3)23-25-39(53)5/h7-35H,6H2,1-5H3/b8-7-,15-10-. The normalized spacial score (nSPS) is 12.5. The maximum atomic E-state index is 4.60. The van der Waals surface area contributed by atoms with Gasteiger partial charge in [0.05, 0.1) is 33.1 Å². The van der Waals surface area contributed by atoms with Crippen LogP contribution in [0.3, 0.4) is 0 Å². The summed E-state index contributed by atoms with van der Waals surface area (Å²) in [7, 11) is 0. The van der Waals surface area contributed by atoms with Gasteiger partial charge >= 0.3 is 0 Å². The van der Waals surface area contributed by atoms with Crippen molar-refractivity contribution in [1.82, 2.24) is 8.80 Å². The Morgan fingerprint density at radius 1 is 0.444 bits per heavy atom. The summed E-state index contributed by atoms with van der Waals surface area (Å²) in [5, 5.41) is 10.1. The molecule has 0 radical (unpaired) electrons. The van der Waals surface area contributed by atoms with Gasteiger partial charge in [0.2, 0.25) is 0 Å². The van der Waals surface area contributed by atoms with Crippen molar-refractivity contribution in [3.05, 3.63) is 210 Å². The van der Waals surface area contributed by atoms with E-state index in [1.54, 1.807) is 0 Å². The minimum absolute atomic E-state index is 0.906. The van der Waals surface area contributed by atoms with Gasteiger partial charge in [-0.1, -0.05) is 116 Å². The maximum Gasteiger partial charge on any atom is 0.0620 e. The number of hydrogen-bond donors (Lipinski definition) is 0. The van der Waals surface area contributed by atoms with Gasteiger partial charge in [-0.15, -0.1) is 0 Å². The molecule has 0 saturated heterocycles. The van der Waals surface area contributed by atoms with E-state index in [0.717, 1.165) is 28.4 Å². The first-order valence-corrected chi connectivity index (χ1v) is 21.9. The Hall–Kier alpha value is -7.82. The topological polar surface area (TPSA) is 15.3 Å². The van der Waals surface area contributed by atoms with Crippen molar-refractivity contribution in [3.63, 3.8) is 0 Å². The van der Waals surface area contributed by atoms with Crippen molar-refractivity contribution in [1.29, 1.82) is 0 Å². The third kappa shape index (κ3) is 5.41. The second-order valence-electron chi connectivity index (χ2n) is 17.3. The molecule has 8 aromatic carbocycles. The predicted octanol–water partition coefficient (Wildman–Crippen LogP) is 16.5. The monoisotopic (exact) mass is 810 g/mol. The van der Waals surface area contributed by atoms with E-state index in [-0.39, 0.29) is 0 Å². The first-order valence-electron chi connectivity index (χ1n) is 21.9. The second-order valence-corrected chi connectivity index (χ2v) is 17.3. The third-order valence-corrected chi connectivity index (χ3v) is 13.3. The van der Waals surface area contributed by atoms with Gasteiger partial charge in [0.15, 0.2) is 0 Å². The van der Waals surface area contributed by atoms with Crippen molar-refractivity contribution < 1.29 is 0 Å². The summed E-state index contributed by atoms with van der Waals surface area (Å²) in [6, 6.07) is 56.7. The van der Waals surface area contributed by atoms with E-state index < -0.39 is 0 Å². The highest BCUT2D eigenvalue weighted by atomic mass is 15.2. The molecule has 0 spiro atoms. The largest absolute Gasteiger partial charge is 0.311 e. The van der Waals surface area contributed by atoms with Crippen LogP contribution in [-0.4, -0.2) is 8.80 Å². The summed E-state index contributed by atoms with van der Waals surface area (Å²) in [6.45, 7) is 15.4. The van der Waals surface area contributed by atoms with E-state index in [1.807, 2.05) is 13.0 Å². The molecule has 0 bridgehead atoms. The maximum absolute atomic E-state index is 4.60. The Labute approximate surface area is 366 Å². The molecule has 0 amide bonds. The Morgan fingerprint density at radius 3 is 1.54 bits per heavy atom. The number of aromatic nitrogens is 2. The van der Waals surface area contributed by atoms with Crippen LogP contribution in [0.5, 0.6) is 0 Å². The number of anilines is 5. The van der Waals surface area contributed by atoms with E-state index in [9.17, 15) is 0 Å². The van der Waals surface area contributed by atoms with E-state index in [2.05, 4.69) is 223 Å². The first-order chi connectivity index (χ1) is 30.8. The SMILES string of the molecule is C=C(/C=C\C=C/C)N(c1ccc2c3cccc4c5cc6c(cc5n(c2c1)c34)c1cccc2c3ccc(N(c4ccccc4)c4cc(C)ccc4C)cc3n6c21)c1cc(C)ccc1C. The molecule has 4 heterocycles. The minimum atomic E-state index is 0.906. The molecule has 0 aliphatic carbocycles. The fourth-order valence-corrected chi connectivity index (χ4v) is 10.4. The second kappa shape index (κ2) is 13.9. The van der Waals surface area contributed by atoms with Gasteiger partial charge in [0.25, 0.3) is 0 Å². The molecule has 12 rings (SSSR count). The highest BCUT2D eigenvalue weighted by molar-refractivity contribution is 6.29. The number of rotatable bonds is 8. The summed E-state index contributed by atoms with van der Waals surface area (Å²) in [6.07, 6.45) is 8.26. The zero-order chi connectivity index (χ0) is 42.7. The minimum Gasteiger partial charge on any atom is -0.311 e. The van der Waals surface area contributed by atoms with Crippen LogP contribution in [0.25, 0.3) is 76.2 Å². The zero-order valence-electron chi connectivity index (χ0n) is 36.2. The van der Waals surface area contributed by atoms with Crippen LogP contribution >= 0.6 is 0 Å². The smallest absolute Gasteiger partial charge is 0.0620 e. The number of para-hydroxylation sites is 3. The van der Waals surface area contributed by atoms with Gasteiger partial charge < -0.3 is 18.6 Å². The van der Waals surface area contributed by atoms with Crippen LogP contribution in [0.2, 0.25) is 0 Å². The van der Waals surface area contributed by atoms with Crippen LogP contribution < -0.4 is 9.80 Å². The molecule has 0 fully saturated rings. The fraction of sp³-hybridized carbons (Fsp3) is 0.0847. The van der Waals surface area contributed by atoms with Crippen LogP contribution in [0.4, 0.5) is 28.4 Å². The summed E-state index contributed by atoms with van der Waals surface area (Å²) in [5.41, 5.74) is 18.8. The molecule has 63 heavy (non-hydrogen) atoms. The number of aryl methyl sites for hydroxylation is 4. The molecule has 0 atom stereocenters. The Kier molecular flexibility index (Phi) is 8.13. The van der Waals surface area contributed by atoms with Crippen LogP contribution in [0.1, 0.15) is 29.2 Å². The van der Waals surface area contributed by atoms with Crippen LogP contribution in [0, 0.1) is 27.7 Å². The predicted molar refractivity (Wildman–Crippen MR) is 271 cm³/mol. The Bertz CT molecular complexity index is 3880. The summed E-state index contributed by atoms with van der Waals surface area (Å²) < 4.78 is 5.05. The molecule has 4 nitrogen and oxygen atoms in total. The number of hydrogen-bond acceptors (Lipinski definition) is 2. The number of nitrogens with zero attached hydrogens (tertiary/aromatic N) is 4. The molecule has 0 N–H and O–H groups in total. The average molecular weight is 811 g/mol. The molecule has 4 aromatic heterocycles. The molecule has 4 heteroatoms. The summed E-state index contributed by atoms with van der Waals surface area (Å²) in [5.74, 6) is 0. The lowest BCUT2D eigenvalue weighted by atomic mass is 10.0. The van der Waals surface area contributed by atoms with Crippen LogP contribution in [-0.2, 0) is 0 Å².